The molecular formula is C6H9BrN2. The van der Waals surface area contributed by atoms with E-state index in [2.05, 4.69) is 25.9 Å². The summed E-state index contributed by atoms with van der Waals surface area (Å²) in [6.45, 7) is 1.96. The maximum absolute atomic E-state index is 4.06. The minimum atomic E-state index is 0.992. The fraction of sp³-hybridized carbons (Fsp3) is 0.500. The number of hydrogen-bond donors (Lipinski definition) is 1. The fourth-order valence-corrected chi connectivity index (χ4v) is 1.13. The highest BCUT2D eigenvalue weighted by atomic mass is 79.9. The molecule has 3 heteroatoms. The molecule has 0 saturated carbocycles. The van der Waals surface area contributed by atoms with E-state index in [1.165, 1.54) is 5.69 Å². The van der Waals surface area contributed by atoms with Crippen LogP contribution in [0.1, 0.15) is 11.5 Å². The molecule has 1 N–H and O–H groups in total. The molecular weight excluding hydrogens is 180 g/mol. The van der Waals surface area contributed by atoms with Gasteiger partial charge in [0.05, 0.1) is 0 Å². The van der Waals surface area contributed by atoms with E-state index in [9.17, 15) is 0 Å². The third-order valence-electron chi connectivity index (χ3n) is 1.12. The summed E-state index contributed by atoms with van der Waals surface area (Å²) < 4.78 is 0. The molecule has 0 fully saturated rings. The van der Waals surface area contributed by atoms with Gasteiger partial charge >= 0.3 is 0 Å². The molecule has 0 aromatic carbocycles. The lowest BCUT2D eigenvalue weighted by Gasteiger charge is -1.86. The van der Waals surface area contributed by atoms with Gasteiger partial charge in [0.25, 0.3) is 0 Å². The lowest BCUT2D eigenvalue weighted by molar-refractivity contribution is 1.05. The highest BCUT2D eigenvalue weighted by molar-refractivity contribution is 9.09. The van der Waals surface area contributed by atoms with Crippen LogP contribution in [0.3, 0.4) is 0 Å². The maximum atomic E-state index is 4.06. The van der Waals surface area contributed by atoms with Crippen molar-refractivity contribution in [3.63, 3.8) is 0 Å². The van der Waals surface area contributed by atoms with Gasteiger partial charge in [0.15, 0.2) is 0 Å². The number of aromatic amines is 1. The number of nitrogens with one attached hydrogen (secondary N) is 1. The molecule has 2 nitrogen and oxygen atoms in total. The van der Waals surface area contributed by atoms with E-state index >= 15 is 0 Å². The molecule has 1 heterocycles. The number of H-pyrrole nitrogens is 1. The monoisotopic (exact) mass is 188 g/mol. The number of imidazole rings is 1. The normalized spacial score (nSPS) is 10.0. The molecule has 1 rings (SSSR count). The summed E-state index contributed by atoms with van der Waals surface area (Å²) in [4.78, 5) is 7.19. The Balaban J connectivity index is 2.61. The van der Waals surface area contributed by atoms with E-state index < -0.39 is 0 Å². The largest absolute Gasteiger partial charge is 0.346 e. The Morgan fingerprint density at radius 3 is 3.00 bits per heavy atom. The minimum absolute atomic E-state index is 0.992. The second kappa shape index (κ2) is 3.01. The Morgan fingerprint density at radius 2 is 2.56 bits per heavy atom. The van der Waals surface area contributed by atoms with Crippen LogP contribution in [0.5, 0.6) is 0 Å². The van der Waals surface area contributed by atoms with Gasteiger partial charge in [0.2, 0.25) is 0 Å². The van der Waals surface area contributed by atoms with Crippen molar-refractivity contribution >= 4 is 15.9 Å². The number of rotatable bonds is 2. The lowest BCUT2D eigenvalue weighted by Crippen LogP contribution is -1.84. The van der Waals surface area contributed by atoms with Crippen molar-refractivity contribution in [2.24, 2.45) is 0 Å². The van der Waals surface area contributed by atoms with Gasteiger partial charge in [-0.2, -0.15) is 0 Å². The molecule has 0 aliphatic carbocycles. The Kier molecular flexibility index (Phi) is 2.28. The summed E-state index contributed by atoms with van der Waals surface area (Å²) in [6, 6.07) is 0. The number of alkyl halides is 1. The molecule has 1 aromatic rings. The third-order valence-corrected chi connectivity index (χ3v) is 1.52. The first-order valence-corrected chi connectivity index (χ1v) is 4.01. The summed E-state index contributed by atoms with van der Waals surface area (Å²) in [5, 5.41) is 0.995. The number of hydrogen-bond acceptors (Lipinski definition) is 1. The molecule has 0 bridgehead atoms. The summed E-state index contributed by atoms with van der Waals surface area (Å²) in [5.41, 5.74) is 1.20. The molecule has 1 aromatic heterocycles. The van der Waals surface area contributed by atoms with Crippen LogP contribution in [0.2, 0.25) is 0 Å². The van der Waals surface area contributed by atoms with E-state index in [1.54, 1.807) is 0 Å². The first-order chi connectivity index (χ1) is 4.33. The van der Waals surface area contributed by atoms with Crippen molar-refractivity contribution in [2.75, 3.05) is 5.33 Å². The SMILES string of the molecule is Cc1ncc(CCBr)[nH]1. The Hall–Kier alpha value is -0.310. The van der Waals surface area contributed by atoms with Crippen LogP contribution in [-0.2, 0) is 6.42 Å². The first kappa shape index (κ1) is 6.81. The van der Waals surface area contributed by atoms with Gasteiger partial charge in [-0.3, -0.25) is 0 Å². The van der Waals surface area contributed by atoms with Gasteiger partial charge in [-0.05, 0) is 13.3 Å². The van der Waals surface area contributed by atoms with Crippen LogP contribution >= 0.6 is 15.9 Å². The van der Waals surface area contributed by atoms with Gasteiger partial charge in [-0.15, -0.1) is 0 Å². The smallest absolute Gasteiger partial charge is 0.103 e. The van der Waals surface area contributed by atoms with E-state index in [1.807, 2.05) is 13.1 Å². The number of nitrogens with zero attached hydrogens (tertiary/aromatic N) is 1. The first-order valence-electron chi connectivity index (χ1n) is 2.89. The summed E-state index contributed by atoms with van der Waals surface area (Å²) in [7, 11) is 0. The van der Waals surface area contributed by atoms with E-state index in [0.717, 1.165) is 17.6 Å². The predicted molar refractivity (Wildman–Crippen MR) is 40.8 cm³/mol. The topological polar surface area (TPSA) is 28.7 Å². The molecule has 0 spiro atoms. The molecule has 0 amide bonds. The fourth-order valence-electron chi connectivity index (χ4n) is 0.701. The van der Waals surface area contributed by atoms with Crippen molar-refractivity contribution in [3.8, 4) is 0 Å². The highest BCUT2D eigenvalue weighted by Gasteiger charge is 1.92. The molecule has 0 atom stereocenters. The van der Waals surface area contributed by atoms with Crippen LogP contribution in [0, 0.1) is 6.92 Å². The molecule has 50 valence electrons. The van der Waals surface area contributed by atoms with Gasteiger partial charge in [0, 0.05) is 17.2 Å². The van der Waals surface area contributed by atoms with Gasteiger partial charge in [0.1, 0.15) is 5.82 Å². The molecule has 0 aliphatic rings. The zero-order chi connectivity index (χ0) is 6.69. The molecule has 0 aliphatic heterocycles. The van der Waals surface area contributed by atoms with Crippen molar-refractivity contribution in [1.82, 2.24) is 9.97 Å². The minimum Gasteiger partial charge on any atom is -0.346 e. The third kappa shape index (κ3) is 1.82. The van der Waals surface area contributed by atoms with Crippen LogP contribution in [0.4, 0.5) is 0 Å². The van der Waals surface area contributed by atoms with E-state index in [-0.39, 0.29) is 0 Å². The van der Waals surface area contributed by atoms with Crippen molar-refractivity contribution < 1.29 is 0 Å². The lowest BCUT2D eigenvalue weighted by atomic mass is 10.4. The van der Waals surface area contributed by atoms with Crippen molar-refractivity contribution in [1.29, 1.82) is 0 Å². The summed E-state index contributed by atoms with van der Waals surface area (Å²) in [6.07, 6.45) is 2.90. The van der Waals surface area contributed by atoms with E-state index in [4.69, 9.17) is 0 Å². The second-order valence-electron chi connectivity index (χ2n) is 1.93. The Morgan fingerprint density at radius 1 is 1.78 bits per heavy atom. The highest BCUT2D eigenvalue weighted by Crippen LogP contribution is 1.97. The summed E-state index contributed by atoms with van der Waals surface area (Å²) >= 11 is 3.35. The molecule has 0 radical (unpaired) electrons. The Bertz CT molecular complexity index is 183. The molecule has 0 unspecified atom stereocenters. The van der Waals surface area contributed by atoms with Gasteiger partial charge in [-0.25, -0.2) is 4.98 Å². The zero-order valence-corrected chi connectivity index (χ0v) is 6.90. The average molecular weight is 189 g/mol. The number of aromatic nitrogens is 2. The van der Waals surface area contributed by atoms with Crippen LogP contribution in [0.15, 0.2) is 6.20 Å². The van der Waals surface area contributed by atoms with Crippen LogP contribution in [0.25, 0.3) is 0 Å². The number of aryl methyl sites for hydroxylation is 2. The predicted octanol–water partition coefficient (Wildman–Crippen LogP) is 1.66. The Labute approximate surface area is 62.8 Å². The second-order valence-corrected chi connectivity index (χ2v) is 2.73. The van der Waals surface area contributed by atoms with Crippen molar-refractivity contribution in [2.45, 2.75) is 13.3 Å². The molecule has 0 saturated heterocycles. The molecule has 9 heavy (non-hydrogen) atoms. The van der Waals surface area contributed by atoms with Gasteiger partial charge in [-0.1, -0.05) is 15.9 Å². The quantitative estimate of drug-likeness (QED) is 0.704. The van der Waals surface area contributed by atoms with Gasteiger partial charge < -0.3 is 4.98 Å². The van der Waals surface area contributed by atoms with Crippen LogP contribution < -0.4 is 0 Å². The van der Waals surface area contributed by atoms with Crippen LogP contribution in [-0.4, -0.2) is 15.3 Å². The van der Waals surface area contributed by atoms with E-state index in [0.29, 0.717) is 0 Å². The van der Waals surface area contributed by atoms with Crippen molar-refractivity contribution in [3.05, 3.63) is 17.7 Å². The average Bonchev–Trinajstić information content (AvgIpc) is 2.17. The number of halogens is 1. The zero-order valence-electron chi connectivity index (χ0n) is 5.32. The maximum Gasteiger partial charge on any atom is 0.103 e. The summed E-state index contributed by atoms with van der Waals surface area (Å²) in [5.74, 6) is 0.992. The standard InChI is InChI=1S/C6H9BrN2/c1-5-8-4-6(9-5)2-3-7/h4H,2-3H2,1H3,(H,8,9).